The predicted molar refractivity (Wildman–Crippen MR) is 116 cm³/mol. The van der Waals surface area contributed by atoms with Crippen molar-refractivity contribution in [2.24, 2.45) is 0 Å². The van der Waals surface area contributed by atoms with Crippen molar-refractivity contribution < 1.29 is 4.79 Å². The zero-order valence-electron chi connectivity index (χ0n) is 15.3. The first-order valence-corrected chi connectivity index (χ1v) is 10.2. The van der Waals surface area contributed by atoms with Crippen LogP contribution in [0.5, 0.6) is 0 Å². The van der Waals surface area contributed by atoms with Crippen molar-refractivity contribution in [1.29, 1.82) is 0 Å². The van der Waals surface area contributed by atoms with E-state index in [1.807, 2.05) is 32.0 Å². The molecule has 8 heteroatoms. The minimum atomic E-state index is -1.74. The van der Waals surface area contributed by atoms with Gasteiger partial charge in [-0.3, -0.25) is 4.79 Å². The number of carbonyl (C=O) groups excluding carboxylic acids is 1. The van der Waals surface area contributed by atoms with Crippen molar-refractivity contribution in [1.82, 2.24) is 10.6 Å². The van der Waals surface area contributed by atoms with Crippen LogP contribution in [-0.4, -0.2) is 21.0 Å². The first-order chi connectivity index (χ1) is 12.1. The fraction of sp³-hybridized carbons (Fsp3) is 0.556. The smallest absolute Gasteiger partial charge is 0.228 e. The van der Waals surface area contributed by atoms with Crippen molar-refractivity contribution in [3.05, 3.63) is 29.3 Å². The summed E-state index contributed by atoms with van der Waals surface area (Å²) < 4.78 is -1.74. The molecule has 0 aliphatic carbocycles. The number of aryl methyl sites for hydroxylation is 2. The third kappa shape index (κ3) is 8.76. The zero-order chi connectivity index (χ0) is 19.7. The minimum Gasteiger partial charge on any atom is -0.339 e. The molecule has 0 saturated carbocycles. The van der Waals surface area contributed by atoms with Gasteiger partial charge in [0.1, 0.15) is 6.17 Å². The molecule has 0 aliphatic rings. The molecule has 1 rings (SSSR count). The van der Waals surface area contributed by atoms with Crippen molar-refractivity contribution >= 4 is 63.7 Å². The van der Waals surface area contributed by atoms with Gasteiger partial charge in [-0.15, -0.1) is 0 Å². The lowest BCUT2D eigenvalue weighted by Gasteiger charge is -2.28. The lowest BCUT2D eigenvalue weighted by atomic mass is 10.1. The number of carbonyl (C=O) groups is 1. The average Bonchev–Trinajstić information content (AvgIpc) is 2.53. The third-order valence-electron chi connectivity index (χ3n) is 3.80. The molecule has 26 heavy (non-hydrogen) atoms. The van der Waals surface area contributed by atoms with Gasteiger partial charge in [0.2, 0.25) is 9.70 Å². The van der Waals surface area contributed by atoms with Gasteiger partial charge in [-0.2, -0.15) is 0 Å². The molecule has 0 fully saturated rings. The standard InChI is InChI=1S/C18H26Cl3N3OS/c1-4-5-6-7-8-15(25)23-16(18(19,20)21)24-17(26)22-14-10-9-12(2)11-13(14)3/h9-11,16H,4-8H2,1-3H3,(H,23,25)(H2,22,24,26)/t16-/m0/s1. The molecule has 1 aromatic carbocycles. The number of anilines is 1. The van der Waals surface area contributed by atoms with Crippen LogP contribution in [0.1, 0.15) is 50.2 Å². The van der Waals surface area contributed by atoms with E-state index in [0.29, 0.717) is 6.42 Å². The number of unbranched alkanes of at least 4 members (excludes halogenated alkanes) is 3. The summed E-state index contributed by atoms with van der Waals surface area (Å²) in [5.74, 6) is -0.181. The van der Waals surface area contributed by atoms with E-state index in [0.717, 1.165) is 42.5 Å². The molecule has 0 radical (unpaired) electrons. The van der Waals surface area contributed by atoms with Gasteiger partial charge < -0.3 is 16.0 Å². The van der Waals surface area contributed by atoms with E-state index in [2.05, 4.69) is 22.9 Å². The second-order valence-corrected chi connectivity index (χ2v) is 9.05. The SMILES string of the molecule is CCCCCCC(=O)N[C@@H](NC(=S)Nc1ccc(C)cc1C)C(Cl)(Cl)Cl. The number of nitrogens with one attached hydrogen (secondary N) is 3. The van der Waals surface area contributed by atoms with Crippen LogP contribution in [0, 0.1) is 13.8 Å². The van der Waals surface area contributed by atoms with Gasteiger partial charge in [0.15, 0.2) is 5.11 Å². The van der Waals surface area contributed by atoms with Gasteiger partial charge in [-0.25, -0.2) is 0 Å². The summed E-state index contributed by atoms with van der Waals surface area (Å²) >= 11 is 23.3. The molecule has 0 saturated heterocycles. The Labute approximate surface area is 176 Å². The van der Waals surface area contributed by atoms with Gasteiger partial charge in [0.25, 0.3) is 0 Å². The maximum absolute atomic E-state index is 12.1. The Morgan fingerprint density at radius 3 is 2.42 bits per heavy atom. The summed E-state index contributed by atoms with van der Waals surface area (Å²) in [7, 11) is 0. The van der Waals surface area contributed by atoms with Crippen molar-refractivity contribution in [2.75, 3.05) is 5.32 Å². The van der Waals surface area contributed by atoms with Crippen molar-refractivity contribution in [3.63, 3.8) is 0 Å². The first kappa shape index (κ1) is 23.3. The molecule has 1 aromatic rings. The van der Waals surface area contributed by atoms with E-state index in [1.54, 1.807) is 0 Å². The van der Waals surface area contributed by atoms with Crippen LogP contribution in [0.2, 0.25) is 0 Å². The Hall–Kier alpha value is -0.750. The van der Waals surface area contributed by atoms with Crippen LogP contribution >= 0.6 is 47.0 Å². The Morgan fingerprint density at radius 1 is 1.15 bits per heavy atom. The first-order valence-electron chi connectivity index (χ1n) is 8.64. The quantitative estimate of drug-likeness (QED) is 0.221. The van der Waals surface area contributed by atoms with Crippen molar-refractivity contribution in [2.45, 2.75) is 62.8 Å². The molecule has 0 aromatic heterocycles. The highest BCUT2D eigenvalue weighted by atomic mass is 35.6. The van der Waals surface area contributed by atoms with E-state index < -0.39 is 9.96 Å². The largest absolute Gasteiger partial charge is 0.339 e. The zero-order valence-corrected chi connectivity index (χ0v) is 18.4. The molecule has 3 N–H and O–H groups in total. The second-order valence-electron chi connectivity index (χ2n) is 6.27. The third-order valence-corrected chi connectivity index (χ3v) is 4.67. The maximum Gasteiger partial charge on any atom is 0.228 e. The van der Waals surface area contributed by atoms with Gasteiger partial charge >= 0.3 is 0 Å². The number of hydrogen-bond donors (Lipinski definition) is 3. The lowest BCUT2D eigenvalue weighted by molar-refractivity contribution is -0.122. The van der Waals surface area contributed by atoms with E-state index in [4.69, 9.17) is 47.0 Å². The van der Waals surface area contributed by atoms with Crippen LogP contribution in [-0.2, 0) is 4.79 Å². The van der Waals surface area contributed by atoms with Crippen LogP contribution in [0.25, 0.3) is 0 Å². The van der Waals surface area contributed by atoms with Crippen LogP contribution in [0.15, 0.2) is 18.2 Å². The maximum atomic E-state index is 12.1. The van der Waals surface area contributed by atoms with E-state index in [-0.39, 0.29) is 11.0 Å². The molecule has 146 valence electrons. The lowest BCUT2D eigenvalue weighted by Crippen LogP contribution is -2.56. The monoisotopic (exact) mass is 437 g/mol. The molecule has 4 nitrogen and oxygen atoms in total. The average molecular weight is 439 g/mol. The van der Waals surface area contributed by atoms with Crippen LogP contribution in [0.3, 0.4) is 0 Å². The Balaban J connectivity index is 2.63. The summed E-state index contributed by atoms with van der Waals surface area (Å²) in [5, 5.41) is 8.90. The molecule has 0 heterocycles. The number of amides is 1. The normalized spacial score (nSPS) is 12.4. The minimum absolute atomic E-state index is 0.181. The summed E-state index contributed by atoms with van der Waals surface area (Å²) in [6, 6.07) is 5.94. The van der Waals surface area contributed by atoms with Gasteiger partial charge in [0.05, 0.1) is 0 Å². The summed E-state index contributed by atoms with van der Waals surface area (Å²) in [6.45, 7) is 6.11. The molecule has 1 amide bonds. The van der Waals surface area contributed by atoms with Crippen molar-refractivity contribution in [3.8, 4) is 0 Å². The van der Waals surface area contributed by atoms with Crippen LogP contribution in [0.4, 0.5) is 5.69 Å². The molecule has 0 spiro atoms. The highest BCUT2D eigenvalue weighted by Crippen LogP contribution is 2.29. The number of thiocarbonyl (C=S) groups is 1. The number of alkyl halides is 3. The Morgan fingerprint density at radius 2 is 1.85 bits per heavy atom. The highest BCUT2D eigenvalue weighted by molar-refractivity contribution is 7.80. The fourth-order valence-corrected chi connectivity index (χ4v) is 2.94. The molecule has 0 unspecified atom stereocenters. The summed E-state index contributed by atoms with van der Waals surface area (Å²) in [4.78, 5) is 12.1. The van der Waals surface area contributed by atoms with Crippen LogP contribution < -0.4 is 16.0 Å². The molecule has 0 bridgehead atoms. The number of benzene rings is 1. The summed E-state index contributed by atoms with van der Waals surface area (Å²) in [5.41, 5.74) is 3.04. The number of hydrogen-bond acceptors (Lipinski definition) is 2. The topological polar surface area (TPSA) is 53.2 Å². The van der Waals surface area contributed by atoms with Gasteiger partial charge in [-0.1, -0.05) is 78.7 Å². The molecule has 1 atom stereocenters. The fourth-order valence-electron chi connectivity index (χ4n) is 2.39. The number of rotatable bonds is 8. The molecular weight excluding hydrogens is 413 g/mol. The predicted octanol–water partition coefficient (Wildman–Crippen LogP) is 5.37. The second kappa shape index (κ2) is 11.2. The number of halogens is 3. The van der Waals surface area contributed by atoms with E-state index in [9.17, 15) is 4.79 Å². The Kier molecular flexibility index (Phi) is 10.0. The molecular formula is C18H26Cl3N3OS. The summed E-state index contributed by atoms with van der Waals surface area (Å²) in [6.07, 6.45) is 3.47. The van der Waals surface area contributed by atoms with Gasteiger partial charge in [0, 0.05) is 12.1 Å². The van der Waals surface area contributed by atoms with E-state index in [1.165, 1.54) is 0 Å². The molecule has 0 aliphatic heterocycles. The Bertz CT molecular complexity index is 620. The van der Waals surface area contributed by atoms with Gasteiger partial charge in [-0.05, 0) is 44.1 Å². The highest BCUT2D eigenvalue weighted by Gasteiger charge is 2.34. The van der Waals surface area contributed by atoms with E-state index >= 15 is 0 Å².